The van der Waals surface area contributed by atoms with E-state index in [4.69, 9.17) is 28.4 Å². The van der Waals surface area contributed by atoms with Gasteiger partial charge in [0.05, 0.1) is 43.3 Å². The van der Waals surface area contributed by atoms with Crippen molar-refractivity contribution in [1.29, 1.82) is 0 Å². The Labute approximate surface area is 296 Å². The van der Waals surface area contributed by atoms with Gasteiger partial charge in [0.1, 0.15) is 18.0 Å². The summed E-state index contributed by atoms with van der Waals surface area (Å²) in [6.07, 6.45) is -3.62. The number of aliphatic hydroxyl groups is 1. The quantitative estimate of drug-likeness (QED) is 0.242. The summed E-state index contributed by atoms with van der Waals surface area (Å²) in [6, 6.07) is -0.639. The molecule has 13 heteroatoms. The number of hydrogen-bond donors (Lipinski definition) is 1. The van der Waals surface area contributed by atoms with E-state index in [1.165, 1.54) is 13.8 Å². The standard InChI is InChI=1S/C37H59NO12/c1-12-29-26-17-45-36(44)22(6)31(26)18(2)13-14-27(41)19(3)15-20(4)33(21(5)28(42)16-30(43)49-29)50-37-35(48-25(9)40)32(38(10)11)34(23(7)46-37)47-24(8)39/h13,19-23,26,28-29,31-35,37,42H,12,14-17H2,1-11H3/b18-13+/t19-,20+,21+,22?,23?,26-,28-,29-,31?,32?,33+,34?,35?,37?/m1/s1. The number of cyclic esters (lactones) is 2. The molecule has 284 valence electrons. The lowest BCUT2D eigenvalue weighted by molar-refractivity contribution is -0.307. The van der Waals surface area contributed by atoms with Gasteiger partial charge in [-0.3, -0.25) is 28.9 Å². The Hall–Kier alpha value is -2.87. The molecule has 3 heterocycles. The molecule has 0 spiro atoms. The summed E-state index contributed by atoms with van der Waals surface area (Å²) in [7, 11) is 3.54. The number of carbonyl (C=O) groups is 5. The fourth-order valence-electron chi connectivity index (χ4n) is 7.98. The fourth-order valence-corrected chi connectivity index (χ4v) is 7.98. The van der Waals surface area contributed by atoms with Gasteiger partial charge in [0, 0.05) is 43.9 Å². The molecule has 0 aromatic rings. The summed E-state index contributed by atoms with van der Waals surface area (Å²) in [6.45, 7) is 15.5. The summed E-state index contributed by atoms with van der Waals surface area (Å²) in [4.78, 5) is 65.7. The topological polar surface area (TPSA) is 164 Å². The molecule has 0 bridgehead atoms. The van der Waals surface area contributed by atoms with Crippen LogP contribution in [0.2, 0.25) is 0 Å². The Morgan fingerprint density at radius 2 is 1.60 bits per heavy atom. The maximum atomic E-state index is 13.5. The number of Topliss-reactive ketones (excluding diaryl/α,β-unsaturated/α-hetero) is 1. The molecule has 2 saturated heterocycles. The Kier molecular flexibility index (Phi) is 15.0. The van der Waals surface area contributed by atoms with Gasteiger partial charge < -0.3 is 33.5 Å². The first-order valence-corrected chi connectivity index (χ1v) is 17.9. The number of esters is 4. The molecule has 50 heavy (non-hydrogen) atoms. The maximum Gasteiger partial charge on any atom is 0.309 e. The van der Waals surface area contributed by atoms with Crippen molar-refractivity contribution in [3.8, 4) is 0 Å². The van der Waals surface area contributed by atoms with Gasteiger partial charge in [0.15, 0.2) is 12.4 Å². The van der Waals surface area contributed by atoms with Crippen LogP contribution in [-0.4, -0.2) is 109 Å². The predicted molar refractivity (Wildman–Crippen MR) is 181 cm³/mol. The third-order valence-corrected chi connectivity index (χ3v) is 10.7. The van der Waals surface area contributed by atoms with Crippen LogP contribution in [0.5, 0.6) is 0 Å². The second-order valence-corrected chi connectivity index (χ2v) is 14.8. The monoisotopic (exact) mass is 709 g/mol. The lowest BCUT2D eigenvalue weighted by Crippen LogP contribution is -2.65. The molecule has 7 unspecified atom stereocenters. The minimum atomic E-state index is -1.21. The van der Waals surface area contributed by atoms with Crippen molar-refractivity contribution in [3.05, 3.63) is 11.6 Å². The van der Waals surface area contributed by atoms with Crippen molar-refractivity contribution in [1.82, 2.24) is 4.90 Å². The molecule has 0 aliphatic carbocycles. The third-order valence-electron chi connectivity index (χ3n) is 10.7. The summed E-state index contributed by atoms with van der Waals surface area (Å²) in [5.41, 5.74) is 0.867. The molecule has 0 saturated carbocycles. The minimum Gasteiger partial charge on any atom is -0.465 e. The maximum absolute atomic E-state index is 13.5. The van der Waals surface area contributed by atoms with Crippen LogP contribution >= 0.6 is 0 Å². The molecule has 0 aromatic carbocycles. The minimum absolute atomic E-state index is 0.00790. The first-order valence-electron chi connectivity index (χ1n) is 17.9. The van der Waals surface area contributed by atoms with E-state index >= 15 is 0 Å². The summed E-state index contributed by atoms with van der Waals surface area (Å²) in [5.74, 6) is -4.50. The van der Waals surface area contributed by atoms with Crippen LogP contribution in [0.1, 0.15) is 88.0 Å². The number of ether oxygens (including phenoxy) is 6. The van der Waals surface area contributed by atoms with E-state index in [1.807, 2.05) is 33.8 Å². The van der Waals surface area contributed by atoms with Crippen LogP contribution in [0.15, 0.2) is 11.6 Å². The second kappa shape index (κ2) is 18.1. The molecule has 14 atom stereocenters. The zero-order chi connectivity index (χ0) is 37.6. The molecule has 3 rings (SSSR count). The lowest BCUT2D eigenvalue weighted by atomic mass is 9.73. The molecular weight excluding hydrogens is 650 g/mol. The second-order valence-electron chi connectivity index (χ2n) is 14.8. The van der Waals surface area contributed by atoms with Crippen LogP contribution in [0.3, 0.4) is 0 Å². The molecule has 3 aliphatic rings. The first kappa shape index (κ1) is 41.5. The third kappa shape index (κ3) is 10.1. The SMILES string of the molecule is CC[C@H]1OC(=O)C[C@@H](O)[C@H](C)[C@@H](OC2OC(C)C(OC(C)=O)C(N(C)C)C2OC(C)=O)[C@@H](C)C[C@@H](C)C(=O)C/C=C(\C)C2C(C)C(=O)OC[C@@H]21. The van der Waals surface area contributed by atoms with Gasteiger partial charge in [-0.1, -0.05) is 46.3 Å². The zero-order valence-corrected chi connectivity index (χ0v) is 31.6. The van der Waals surface area contributed by atoms with Gasteiger partial charge in [0.2, 0.25) is 0 Å². The fraction of sp³-hybridized carbons (Fsp3) is 0.811. The predicted octanol–water partition coefficient (Wildman–Crippen LogP) is 3.63. The Morgan fingerprint density at radius 1 is 0.980 bits per heavy atom. The number of aliphatic hydroxyl groups excluding tert-OH is 1. The van der Waals surface area contributed by atoms with Gasteiger partial charge in [0.25, 0.3) is 0 Å². The van der Waals surface area contributed by atoms with Gasteiger partial charge >= 0.3 is 23.9 Å². The van der Waals surface area contributed by atoms with Crippen LogP contribution in [0.25, 0.3) is 0 Å². The average Bonchev–Trinajstić information content (AvgIpc) is 3.02. The van der Waals surface area contributed by atoms with E-state index < -0.39 is 84.6 Å². The van der Waals surface area contributed by atoms with E-state index in [2.05, 4.69) is 0 Å². The summed E-state index contributed by atoms with van der Waals surface area (Å²) in [5, 5.41) is 11.5. The number of likely N-dealkylation sites (N-methyl/N-ethyl adjacent to an activating group) is 1. The van der Waals surface area contributed by atoms with Gasteiger partial charge in [-0.05, 0) is 46.7 Å². The van der Waals surface area contributed by atoms with E-state index in [0.29, 0.717) is 12.8 Å². The van der Waals surface area contributed by atoms with E-state index in [1.54, 1.807) is 39.8 Å². The molecule has 0 aromatic heterocycles. The van der Waals surface area contributed by atoms with Gasteiger partial charge in [-0.15, -0.1) is 0 Å². The highest BCUT2D eigenvalue weighted by Gasteiger charge is 2.51. The number of rotatable bonds is 6. The van der Waals surface area contributed by atoms with Gasteiger partial charge in [-0.2, -0.15) is 0 Å². The van der Waals surface area contributed by atoms with Crippen molar-refractivity contribution >= 4 is 29.7 Å². The number of hydrogen-bond acceptors (Lipinski definition) is 13. The summed E-state index contributed by atoms with van der Waals surface area (Å²) < 4.78 is 35.8. The zero-order valence-electron chi connectivity index (χ0n) is 31.6. The average molecular weight is 710 g/mol. The molecular formula is C37H59NO12. The normalized spacial score (nSPS) is 40.5. The Morgan fingerprint density at radius 3 is 2.18 bits per heavy atom. The number of ketones is 1. The molecule has 0 amide bonds. The molecule has 13 nitrogen and oxygen atoms in total. The van der Waals surface area contributed by atoms with E-state index in [0.717, 1.165) is 5.57 Å². The largest absolute Gasteiger partial charge is 0.465 e. The van der Waals surface area contributed by atoms with E-state index in [9.17, 15) is 29.1 Å². The van der Waals surface area contributed by atoms with Crippen LogP contribution in [0.4, 0.5) is 0 Å². The van der Waals surface area contributed by atoms with Crippen molar-refractivity contribution in [3.63, 3.8) is 0 Å². The molecule has 0 radical (unpaired) electrons. The van der Waals surface area contributed by atoms with Crippen molar-refractivity contribution < 1.29 is 57.5 Å². The highest BCUT2D eigenvalue weighted by Crippen LogP contribution is 2.39. The number of nitrogens with zero attached hydrogens (tertiary/aromatic N) is 1. The van der Waals surface area contributed by atoms with E-state index in [-0.39, 0.29) is 49.0 Å². The number of fused-ring (bicyclic) bond motifs is 1. The van der Waals surface area contributed by atoms with Crippen molar-refractivity contribution in [2.24, 2.45) is 35.5 Å². The van der Waals surface area contributed by atoms with Gasteiger partial charge in [-0.25, -0.2) is 0 Å². The molecule has 3 aliphatic heterocycles. The Bertz CT molecular complexity index is 1250. The van der Waals surface area contributed by atoms with Crippen LogP contribution in [-0.2, 0) is 52.4 Å². The lowest BCUT2D eigenvalue weighted by Gasteiger charge is -2.48. The highest BCUT2D eigenvalue weighted by molar-refractivity contribution is 5.82. The summed E-state index contributed by atoms with van der Waals surface area (Å²) >= 11 is 0. The molecule has 1 N–H and O–H groups in total. The Balaban J connectivity index is 2.01. The van der Waals surface area contributed by atoms with Crippen LogP contribution in [0, 0.1) is 35.5 Å². The smallest absolute Gasteiger partial charge is 0.309 e. The molecule has 2 fully saturated rings. The van der Waals surface area contributed by atoms with Crippen molar-refractivity contribution in [2.75, 3.05) is 20.7 Å². The van der Waals surface area contributed by atoms with Crippen molar-refractivity contribution in [2.45, 2.75) is 137 Å². The first-order chi connectivity index (χ1) is 23.4. The van der Waals surface area contributed by atoms with Crippen LogP contribution < -0.4 is 0 Å². The number of allylic oxidation sites excluding steroid dienone is 2. The highest BCUT2D eigenvalue weighted by atomic mass is 16.7. The number of carbonyl (C=O) groups excluding carboxylic acids is 5.